The molecule has 0 aliphatic carbocycles. The highest BCUT2D eigenvalue weighted by Crippen LogP contribution is 2.61. The van der Waals surface area contributed by atoms with Crippen LogP contribution in [-0.4, -0.2) is 0 Å². The summed E-state index contributed by atoms with van der Waals surface area (Å²) in [7, 11) is 0. The molecule has 30 heavy (non-hydrogen) atoms. The van der Waals surface area contributed by atoms with E-state index in [2.05, 4.69) is 131 Å². The van der Waals surface area contributed by atoms with E-state index in [1.165, 1.54) is 23.1 Å². The maximum Gasteiger partial charge on any atom is -0.00566 e. The van der Waals surface area contributed by atoms with Crippen LogP contribution >= 0.6 is 0 Å². The van der Waals surface area contributed by atoms with Gasteiger partial charge < -0.3 is 0 Å². The highest BCUT2D eigenvalue weighted by molar-refractivity contribution is 5.31. The van der Waals surface area contributed by atoms with E-state index in [9.17, 15) is 0 Å². The third-order valence-electron chi connectivity index (χ3n) is 7.55. The van der Waals surface area contributed by atoms with Gasteiger partial charge >= 0.3 is 0 Å². The third kappa shape index (κ3) is 5.37. The molecule has 0 heterocycles. The average molecular weight is 407 g/mol. The van der Waals surface area contributed by atoms with Crippen LogP contribution < -0.4 is 0 Å². The van der Waals surface area contributed by atoms with E-state index >= 15 is 0 Å². The Morgan fingerprint density at radius 3 is 1.53 bits per heavy atom. The molecular formula is C30H46. The van der Waals surface area contributed by atoms with Gasteiger partial charge in [-0.05, 0) is 58.0 Å². The molecule has 0 N–H and O–H groups in total. The highest BCUT2D eigenvalue weighted by atomic mass is 14.6. The minimum absolute atomic E-state index is 0.0895. The number of hydrogen-bond donors (Lipinski definition) is 0. The van der Waals surface area contributed by atoms with Crippen molar-refractivity contribution < 1.29 is 0 Å². The lowest BCUT2D eigenvalue weighted by Crippen LogP contribution is -2.46. The minimum atomic E-state index is 0.0895. The van der Waals surface area contributed by atoms with E-state index in [0.29, 0.717) is 11.8 Å². The number of rotatable bonds is 6. The van der Waals surface area contributed by atoms with E-state index in [1.807, 2.05) is 0 Å². The van der Waals surface area contributed by atoms with Gasteiger partial charge in [0.15, 0.2) is 0 Å². The van der Waals surface area contributed by atoms with Gasteiger partial charge in [-0.25, -0.2) is 0 Å². The summed E-state index contributed by atoms with van der Waals surface area (Å²) in [6, 6.07) is 20.5. The van der Waals surface area contributed by atoms with Gasteiger partial charge in [0.25, 0.3) is 0 Å². The summed E-state index contributed by atoms with van der Waals surface area (Å²) in [5, 5.41) is 0. The fourth-order valence-corrected chi connectivity index (χ4v) is 5.67. The molecule has 2 unspecified atom stereocenters. The molecule has 0 aliphatic rings. The first-order chi connectivity index (χ1) is 13.6. The van der Waals surface area contributed by atoms with Crippen molar-refractivity contribution in [3.05, 3.63) is 71.3 Å². The van der Waals surface area contributed by atoms with Gasteiger partial charge in [-0.15, -0.1) is 0 Å². The number of hydrogen-bond acceptors (Lipinski definition) is 0. The van der Waals surface area contributed by atoms with Crippen LogP contribution in [0.25, 0.3) is 0 Å². The zero-order valence-electron chi connectivity index (χ0n) is 21.6. The molecule has 0 bridgehead atoms. The molecule has 0 amide bonds. The molecule has 0 radical (unpaired) electrons. The summed E-state index contributed by atoms with van der Waals surface area (Å²) in [6.45, 7) is 26.6. The van der Waals surface area contributed by atoms with Gasteiger partial charge in [0.1, 0.15) is 0 Å². The molecule has 166 valence electrons. The lowest BCUT2D eigenvalue weighted by molar-refractivity contribution is -0.00423. The molecule has 0 saturated heterocycles. The predicted molar refractivity (Wildman–Crippen MR) is 134 cm³/mol. The zero-order valence-corrected chi connectivity index (χ0v) is 21.6. The Morgan fingerprint density at radius 1 is 0.600 bits per heavy atom. The summed E-state index contributed by atoms with van der Waals surface area (Å²) >= 11 is 0. The van der Waals surface area contributed by atoms with Gasteiger partial charge in [-0.1, -0.05) is 129 Å². The zero-order chi connectivity index (χ0) is 23.0. The van der Waals surface area contributed by atoms with Crippen molar-refractivity contribution in [2.24, 2.45) is 21.7 Å². The first-order valence-corrected chi connectivity index (χ1v) is 11.7. The Kier molecular flexibility index (Phi) is 7.02. The number of benzene rings is 2. The molecule has 0 saturated carbocycles. The fraction of sp³-hybridized carbons (Fsp3) is 0.600. The second kappa shape index (κ2) is 8.52. The summed E-state index contributed by atoms with van der Waals surface area (Å²) in [4.78, 5) is 0. The van der Waals surface area contributed by atoms with E-state index in [-0.39, 0.29) is 21.7 Å². The third-order valence-corrected chi connectivity index (χ3v) is 7.55. The molecular weight excluding hydrogens is 360 g/mol. The van der Waals surface area contributed by atoms with Crippen molar-refractivity contribution in [2.75, 3.05) is 0 Å². The van der Waals surface area contributed by atoms with Crippen molar-refractivity contribution in [1.82, 2.24) is 0 Å². The van der Waals surface area contributed by atoms with E-state index in [4.69, 9.17) is 0 Å². The van der Waals surface area contributed by atoms with Crippen molar-refractivity contribution >= 4 is 0 Å². The van der Waals surface area contributed by atoms with Crippen LogP contribution in [0.15, 0.2) is 54.6 Å². The van der Waals surface area contributed by atoms with Gasteiger partial charge in [0, 0.05) is 0 Å². The van der Waals surface area contributed by atoms with Gasteiger partial charge in [0.2, 0.25) is 0 Å². The molecule has 2 aromatic carbocycles. The lowest BCUT2D eigenvalue weighted by atomic mass is 9.48. The minimum Gasteiger partial charge on any atom is -0.0622 e. The Morgan fingerprint density at radius 2 is 1.10 bits per heavy atom. The van der Waals surface area contributed by atoms with Crippen LogP contribution in [0.4, 0.5) is 0 Å². The summed E-state index contributed by atoms with van der Waals surface area (Å²) in [5.41, 5.74) is 4.90. The quantitative estimate of drug-likeness (QED) is 0.448. The first-order valence-electron chi connectivity index (χ1n) is 11.7. The molecule has 0 aliphatic heterocycles. The average Bonchev–Trinajstić information content (AvgIpc) is 2.60. The van der Waals surface area contributed by atoms with Crippen LogP contribution in [0.3, 0.4) is 0 Å². The smallest absolute Gasteiger partial charge is 0.00566 e. The molecule has 0 fully saturated rings. The van der Waals surface area contributed by atoms with Crippen molar-refractivity contribution in [3.8, 4) is 0 Å². The van der Waals surface area contributed by atoms with E-state index < -0.39 is 0 Å². The Labute approximate surface area is 187 Å². The van der Waals surface area contributed by atoms with Crippen molar-refractivity contribution in [2.45, 2.75) is 94.4 Å². The normalized spacial score (nSPS) is 15.7. The lowest BCUT2D eigenvalue weighted by Gasteiger charge is -2.56. The molecule has 2 atom stereocenters. The molecule has 0 nitrogen and oxygen atoms in total. The Hall–Kier alpha value is -1.56. The SMILES string of the molecule is Cc1ccc(C(C(C)(C)C)C(C)(C)C(C)(C)C(CC(C)(C)C)c2ccccc2)cc1. The summed E-state index contributed by atoms with van der Waals surface area (Å²) in [5.74, 6) is 0.941. The van der Waals surface area contributed by atoms with E-state index in [0.717, 1.165) is 0 Å². The second-order valence-corrected chi connectivity index (χ2v) is 12.9. The Balaban J connectivity index is 2.64. The summed E-state index contributed by atoms with van der Waals surface area (Å²) < 4.78 is 0. The number of aryl methyl sites for hydroxylation is 1. The fourth-order valence-electron chi connectivity index (χ4n) is 5.67. The second-order valence-electron chi connectivity index (χ2n) is 12.9. The van der Waals surface area contributed by atoms with Crippen LogP contribution in [0.5, 0.6) is 0 Å². The van der Waals surface area contributed by atoms with Crippen molar-refractivity contribution in [1.29, 1.82) is 0 Å². The molecule has 2 rings (SSSR count). The van der Waals surface area contributed by atoms with Gasteiger partial charge in [-0.3, -0.25) is 0 Å². The maximum absolute atomic E-state index is 2.52. The van der Waals surface area contributed by atoms with Crippen LogP contribution in [0.2, 0.25) is 0 Å². The van der Waals surface area contributed by atoms with E-state index in [1.54, 1.807) is 0 Å². The monoisotopic (exact) mass is 406 g/mol. The molecule has 2 aromatic rings. The first kappa shape index (κ1) is 24.7. The topological polar surface area (TPSA) is 0 Å². The van der Waals surface area contributed by atoms with Crippen LogP contribution in [0.1, 0.15) is 104 Å². The maximum atomic E-state index is 2.52. The Bertz CT molecular complexity index is 792. The molecule has 0 aromatic heterocycles. The standard InChI is InChI=1S/C30H46/c1-22-17-19-24(20-18-22)26(28(5,6)7)30(10,11)29(8,9)25(21-27(2,3)4)23-15-13-12-14-16-23/h12-20,25-26H,21H2,1-11H3. The summed E-state index contributed by atoms with van der Waals surface area (Å²) in [6.07, 6.45) is 1.18. The van der Waals surface area contributed by atoms with Crippen LogP contribution in [0, 0.1) is 28.6 Å². The van der Waals surface area contributed by atoms with Crippen molar-refractivity contribution in [3.63, 3.8) is 0 Å². The predicted octanol–water partition coefficient (Wildman–Crippen LogP) is 9.40. The molecule has 0 spiro atoms. The largest absolute Gasteiger partial charge is 0.0622 e. The van der Waals surface area contributed by atoms with Crippen LogP contribution in [-0.2, 0) is 0 Å². The highest BCUT2D eigenvalue weighted by Gasteiger charge is 2.52. The molecule has 0 heteroatoms. The van der Waals surface area contributed by atoms with Gasteiger partial charge in [0.05, 0.1) is 0 Å². The van der Waals surface area contributed by atoms with Gasteiger partial charge in [-0.2, -0.15) is 0 Å².